The zero-order valence-corrected chi connectivity index (χ0v) is 24.0. The Morgan fingerprint density at radius 3 is 2.54 bits per heavy atom. The van der Waals surface area contributed by atoms with Gasteiger partial charge in [0.1, 0.15) is 12.4 Å². The molecule has 37 heavy (non-hydrogen) atoms. The van der Waals surface area contributed by atoms with E-state index in [1.807, 2.05) is 32.6 Å². The van der Waals surface area contributed by atoms with Crippen molar-refractivity contribution in [2.24, 2.45) is 11.1 Å². The fourth-order valence-electron chi connectivity index (χ4n) is 5.53. The largest absolute Gasteiger partial charge is 0.489 e. The van der Waals surface area contributed by atoms with E-state index >= 15 is 0 Å². The molecule has 3 fully saturated rings. The Hall–Kier alpha value is -1.45. The summed E-state index contributed by atoms with van der Waals surface area (Å²) in [7, 11) is -1.50. The summed E-state index contributed by atoms with van der Waals surface area (Å²) >= 11 is 6.81. The highest BCUT2D eigenvalue weighted by Gasteiger charge is 2.42. The Labute approximate surface area is 228 Å². The van der Waals surface area contributed by atoms with Crippen molar-refractivity contribution in [3.63, 3.8) is 0 Å². The number of halogens is 1. The highest BCUT2D eigenvalue weighted by atomic mass is 35.5. The van der Waals surface area contributed by atoms with Crippen molar-refractivity contribution < 1.29 is 23.2 Å². The summed E-state index contributed by atoms with van der Waals surface area (Å²) in [6.45, 7) is 13.3. The second kappa shape index (κ2) is 11.3. The molecule has 7 nitrogen and oxygen atoms in total. The van der Waals surface area contributed by atoms with Gasteiger partial charge in [-0.3, -0.25) is 9.93 Å². The minimum Gasteiger partial charge on any atom is -0.489 e. The van der Waals surface area contributed by atoms with Crippen molar-refractivity contribution in [2.75, 3.05) is 26.3 Å². The van der Waals surface area contributed by atoms with Crippen LogP contribution in [0.2, 0.25) is 5.02 Å². The van der Waals surface area contributed by atoms with Crippen LogP contribution < -0.4 is 9.88 Å². The van der Waals surface area contributed by atoms with Crippen molar-refractivity contribution in [1.29, 1.82) is 0 Å². The second-order valence-corrected chi connectivity index (χ2v) is 13.7. The topological polar surface area (TPSA) is 91.1 Å². The summed E-state index contributed by atoms with van der Waals surface area (Å²) in [5.74, 6) is 0.817. The van der Waals surface area contributed by atoms with E-state index < -0.39 is 27.6 Å². The summed E-state index contributed by atoms with van der Waals surface area (Å²) in [6, 6.07) is 4.15. The molecule has 3 aliphatic rings. The Kier molecular flexibility index (Phi) is 8.76. The van der Waals surface area contributed by atoms with E-state index in [9.17, 15) is 9.00 Å². The third kappa shape index (κ3) is 6.77. The van der Waals surface area contributed by atoms with Crippen molar-refractivity contribution >= 4 is 28.5 Å². The summed E-state index contributed by atoms with van der Waals surface area (Å²) in [5.41, 5.74) is 2.15. The van der Waals surface area contributed by atoms with E-state index in [0.717, 1.165) is 47.6 Å². The summed E-state index contributed by atoms with van der Waals surface area (Å²) in [6.07, 6.45) is 5.69. The first-order valence-electron chi connectivity index (χ1n) is 13.3. The lowest BCUT2D eigenvalue weighted by molar-refractivity contribution is -0.161. The minimum atomic E-state index is -1.50. The molecule has 1 aliphatic carbocycles. The van der Waals surface area contributed by atoms with Crippen LogP contribution in [0.15, 0.2) is 24.8 Å². The van der Waals surface area contributed by atoms with Gasteiger partial charge in [0, 0.05) is 18.1 Å². The third-order valence-electron chi connectivity index (χ3n) is 7.86. The molecule has 2 aliphatic heterocycles. The first-order valence-corrected chi connectivity index (χ1v) is 14.8. The zero-order chi connectivity index (χ0) is 27.0. The molecule has 1 aromatic rings. The molecule has 206 valence electrons. The summed E-state index contributed by atoms with van der Waals surface area (Å²) in [5, 5.41) is 6.68. The highest BCUT2D eigenvalue weighted by molar-refractivity contribution is 7.84. The van der Waals surface area contributed by atoms with Gasteiger partial charge in [0.25, 0.3) is 5.91 Å². The maximum absolute atomic E-state index is 13.1. The zero-order valence-electron chi connectivity index (χ0n) is 22.5. The van der Waals surface area contributed by atoms with Gasteiger partial charge in [-0.1, -0.05) is 24.3 Å². The number of nitrogens with two attached hydrogens (primary N) is 1. The number of hydrogen-bond donors (Lipinski definition) is 1. The highest BCUT2D eigenvalue weighted by Crippen LogP contribution is 2.49. The standard InChI is InChI=1S/C28H41ClN2O5S/c1-6-13-34-24-15-20(18-7-8-18)23(29)14-21(24)22(16-27(2,3)37(30)33)19-9-11-31(12-10-19)26(32)25-17-35-28(4,5)36-25/h6,14-15,18-19,22,25H,1,7-13,16-17,30H2,2-5H3/t22-,25-,37?/m1/s1. The van der Waals surface area contributed by atoms with Crippen molar-refractivity contribution in [2.45, 2.75) is 88.3 Å². The average molecular weight is 553 g/mol. The molecule has 3 atom stereocenters. The molecule has 9 heteroatoms. The molecule has 0 bridgehead atoms. The second-order valence-electron chi connectivity index (χ2n) is 11.6. The predicted octanol–water partition coefficient (Wildman–Crippen LogP) is 5.05. The number of amides is 1. The Balaban J connectivity index is 1.58. The lowest BCUT2D eigenvalue weighted by Gasteiger charge is -2.39. The number of likely N-dealkylation sites (tertiary alicyclic amines) is 1. The molecular weight excluding hydrogens is 512 g/mol. The van der Waals surface area contributed by atoms with Gasteiger partial charge in [-0.2, -0.15) is 0 Å². The van der Waals surface area contributed by atoms with Crippen LogP contribution in [0, 0.1) is 5.92 Å². The number of hydrogen-bond acceptors (Lipinski definition) is 5. The van der Waals surface area contributed by atoms with Gasteiger partial charge in [0.2, 0.25) is 0 Å². The van der Waals surface area contributed by atoms with Gasteiger partial charge >= 0.3 is 0 Å². The van der Waals surface area contributed by atoms with Crippen LogP contribution in [0.5, 0.6) is 5.75 Å². The Bertz CT molecular complexity index is 1030. The van der Waals surface area contributed by atoms with Gasteiger partial charge in [-0.15, -0.1) is 0 Å². The molecule has 1 amide bonds. The smallest absolute Gasteiger partial charge is 0.254 e. The first-order chi connectivity index (χ1) is 17.4. The van der Waals surface area contributed by atoms with Gasteiger partial charge in [0.15, 0.2) is 11.9 Å². The third-order valence-corrected chi connectivity index (χ3v) is 9.45. The maximum Gasteiger partial charge on any atom is 0.254 e. The molecule has 1 saturated carbocycles. The van der Waals surface area contributed by atoms with Gasteiger partial charge in [0.05, 0.1) is 22.3 Å². The van der Waals surface area contributed by atoms with E-state index in [1.54, 1.807) is 6.08 Å². The number of carbonyl (C=O) groups excluding carboxylic acids is 1. The number of carbonyl (C=O) groups is 1. The lowest BCUT2D eigenvalue weighted by atomic mass is 9.75. The SMILES string of the molecule is C=CCOc1cc(C2CC2)c(Cl)cc1[C@H](CC(C)(C)S(N)=O)C1CCN(C(=O)[C@H]2COC(C)(C)O2)CC1. The van der Waals surface area contributed by atoms with Gasteiger partial charge in [-0.05, 0) is 101 Å². The van der Waals surface area contributed by atoms with Crippen molar-refractivity contribution in [1.82, 2.24) is 4.90 Å². The normalized spacial score (nSPS) is 24.1. The van der Waals surface area contributed by atoms with Crippen LogP contribution in [0.25, 0.3) is 0 Å². The quantitative estimate of drug-likeness (QED) is 0.410. The van der Waals surface area contributed by atoms with Gasteiger partial charge < -0.3 is 19.1 Å². The van der Waals surface area contributed by atoms with Crippen LogP contribution >= 0.6 is 11.6 Å². The minimum absolute atomic E-state index is 0.0178. The van der Waals surface area contributed by atoms with Crippen molar-refractivity contribution in [3.05, 3.63) is 40.9 Å². The monoisotopic (exact) mass is 552 g/mol. The van der Waals surface area contributed by atoms with Gasteiger partial charge in [-0.25, -0.2) is 4.21 Å². The molecule has 0 radical (unpaired) electrons. The summed E-state index contributed by atoms with van der Waals surface area (Å²) in [4.78, 5) is 15.0. The summed E-state index contributed by atoms with van der Waals surface area (Å²) < 4.78 is 29.4. The number of rotatable bonds is 10. The Morgan fingerprint density at radius 1 is 1.32 bits per heavy atom. The predicted molar refractivity (Wildman–Crippen MR) is 147 cm³/mol. The number of benzene rings is 1. The molecule has 2 N–H and O–H groups in total. The number of ether oxygens (including phenoxy) is 3. The van der Waals surface area contributed by atoms with Crippen LogP contribution in [-0.4, -0.2) is 58.0 Å². The molecule has 0 spiro atoms. The molecule has 0 aromatic heterocycles. The molecular formula is C28H41ClN2O5S. The molecule has 2 heterocycles. The van der Waals surface area contributed by atoms with E-state index in [0.29, 0.717) is 32.0 Å². The first kappa shape index (κ1) is 28.6. The molecule has 4 rings (SSSR count). The fraction of sp³-hybridized carbons (Fsp3) is 0.679. The van der Waals surface area contributed by atoms with Crippen LogP contribution in [-0.2, 0) is 25.3 Å². The maximum atomic E-state index is 13.1. The van der Waals surface area contributed by atoms with Crippen LogP contribution in [0.4, 0.5) is 0 Å². The fourth-order valence-corrected chi connectivity index (χ4v) is 6.20. The molecule has 1 unspecified atom stereocenters. The van der Waals surface area contributed by atoms with E-state index in [-0.39, 0.29) is 24.3 Å². The molecule has 2 saturated heterocycles. The number of nitrogens with zero attached hydrogens (tertiary/aromatic N) is 1. The number of piperidine rings is 1. The van der Waals surface area contributed by atoms with Crippen LogP contribution in [0.1, 0.15) is 82.8 Å². The molecule has 1 aromatic carbocycles. The Morgan fingerprint density at radius 2 is 2.00 bits per heavy atom. The van der Waals surface area contributed by atoms with Crippen LogP contribution in [0.3, 0.4) is 0 Å². The van der Waals surface area contributed by atoms with Crippen molar-refractivity contribution in [3.8, 4) is 5.75 Å². The van der Waals surface area contributed by atoms with E-state index in [4.69, 9.17) is 31.0 Å². The average Bonchev–Trinajstić information content (AvgIpc) is 3.63. The lowest BCUT2D eigenvalue weighted by Crippen LogP contribution is -2.46. The van der Waals surface area contributed by atoms with E-state index in [2.05, 4.69) is 18.7 Å². The van der Waals surface area contributed by atoms with E-state index in [1.165, 1.54) is 0 Å².